The summed E-state index contributed by atoms with van der Waals surface area (Å²) in [4.78, 5) is 12.0. The Labute approximate surface area is 181 Å². The lowest BCUT2D eigenvalue weighted by Gasteiger charge is -2.32. The van der Waals surface area contributed by atoms with E-state index in [4.69, 9.17) is 16.0 Å². The van der Waals surface area contributed by atoms with E-state index in [1.807, 2.05) is 0 Å². The van der Waals surface area contributed by atoms with Gasteiger partial charge in [-0.2, -0.15) is 0 Å². The van der Waals surface area contributed by atoms with E-state index in [1.165, 1.54) is 0 Å². The summed E-state index contributed by atoms with van der Waals surface area (Å²) in [5.41, 5.74) is 1.24. The second kappa shape index (κ2) is 9.80. The molecule has 1 heterocycles. The second-order valence-electron chi connectivity index (χ2n) is 7.29. The Kier molecular flexibility index (Phi) is 7.34. The van der Waals surface area contributed by atoms with E-state index in [2.05, 4.69) is 26.8 Å². The summed E-state index contributed by atoms with van der Waals surface area (Å²) >= 11 is 5.81. The van der Waals surface area contributed by atoms with E-state index in [-0.39, 0.29) is 43.5 Å². The molecule has 1 aliphatic rings. The first-order valence-electron chi connectivity index (χ1n) is 9.57. The first-order valence-corrected chi connectivity index (χ1v) is 9.95. The van der Waals surface area contributed by atoms with Gasteiger partial charge in [-0.25, -0.2) is 0 Å². The van der Waals surface area contributed by atoms with Crippen LogP contribution in [-0.4, -0.2) is 46.3 Å². The molecule has 7 nitrogen and oxygen atoms in total. The normalized spacial score (nSPS) is 19.5. The first kappa shape index (κ1) is 23.2. The summed E-state index contributed by atoms with van der Waals surface area (Å²) in [6.07, 6.45) is -6.03. The van der Waals surface area contributed by atoms with Gasteiger partial charge in [0.2, 0.25) is 17.7 Å². The fourth-order valence-electron chi connectivity index (χ4n) is 3.09. The van der Waals surface area contributed by atoms with Gasteiger partial charge in [0.15, 0.2) is 0 Å². The average molecular weight is 460 g/mol. The van der Waals surface area contributed by atoms with Crippen LogP contribution in [-0.2, 0) is 16.0 Å². The molecule has 1 aromatic carbocycles. The molecule has 0 unspecified atom stereocenters. The number of hydrogen-bond acceptors (Lipinski definition) is 6. The number of ether oxygens (including phenoxy) is 1. The third-order valence-corrected chi connectivity index (χ3v) is 5.11. The number of carbonyl (C=O) groups is 1. The van der Waals surface area contributed by atoms with Crippen LogP contribution in [0.1, 0.15) is 42.5 Å². The molecule has 0 radical (unpaired) electrons. The predicted octanol–water partition coefficient (Wildman–Crippen LogP) is 3.63. The van der Waals surface area contributed by atoms with Crippen molar-refractivity contribution in [2.75, 3.05) is 6.54 Å². The topological polar surface area (TPSA) is 97.5 Å². The standard InChI is InChI=1S/C20H21ClF3N3O4/c1-11(6-7-25-17(29)16(28)8-12-2-4-14(21)5-3-12)18-26-27-19(30-18)13-9-15(10-13)31-20(22,23)24/h2-5,13,15-16,28H,1,6-10H2,(H,25,29)/t13?,15?,16-/m1/s1. The Morgan fingerprint density at radius 2 is 2.00 bits per heavy atom. The molecule has 2 N–H and O–H groups in total. The van der Waals surface area contributed by atoms with E-state index in [0.29, 0.717) is 17.0 Å². The number of hydrogen-bond donors (Lipinski definition) is 2. The SMILES string of the molecule is C=C(CCNC(=O)[C@H](O)Cc1ccc(Cl)cc1)c1nnc(C2CC(OC(F)(F)F)C2)o1. The molecule has 2 aromatic rings. The molecule has 1 aromatic heterocycles. The zero-order chi connectivity index (χ0) is 22.6. The van der Waals surface area contributed by atoms with E-state index >= 15 is 0 Å². The van der Waals surface area contributed by atoms with Gasteiger partial charge in [0.25, 0.3) is 0 Å². The monoisotopic (exact) mass is 459 g/mol. The summed E-state index contributed by atoms with van der Waals surface area (Å²) in [7, 11) is 0. The third kappa shape index (κ3) is 6.78. The summed E-state index contributed by atoms with van der Waals surface area (Å²) < 4.78 is 46.0. The van der Waals surface area contributed by atoms with E-state index < -0.39 is 24.5 Å². The first-order chi connectivity index (χ1) is 14.6. The number of aliphatic hydroxyl groups is 1. The van der Waals surface area contributed by atoms with Gasteiger partial charge in [-0.3, -0.25) is 9.53 Å². The Bertz CT molecular complexity index is 911. The molecule has 1 fully saturated rings. The van der Waals surface area contributed by atoms with Gasteiger partial charge in [-0.05, 0) is 37.0 Å². The van der Waals surface area contributed by atoms with Crippen molar-refractivity contribution in [1.29, 1.82) is 0 Å². The van der Waals surface area contributed by atoms with Crippen LogP contribution in [0.5, 0.6) is 0 Å². The van der Waals surface area contributed by atoms with Crippen molar-refractivity contribution in [3.05, 3.63) is 53.2 Å². The summed E-state index contributed by atoms with van der Waals surface area (Å²) in [5.74, 6) is -0.421. The maximum Gasteiger partial charge on any atom is 0.522 e. The third-order valence-electron chi connectivity index (χ3n) is 4.86. The molecule has 1 aliphatic carbocycles. The highest BCUT2D eigenvalue weighted by atomic mass is 35.5. The van der Waals surface area contributed by atoms with Crippen molar-refractivity contribution in [3.63, 3.8) is 0 Å². The van der Waals surface area contributed by atoms with E-state index in [1.54, 1.807) is 24.3 Å². The molecule has 1 amide bonds. The van der Waals surface area contributed by atoms with Crippen molar-refractivity contribution in [3.8, 4) is 0 Å². The smallest absolute Gasteiger partial charge is 0.421 e. The number of amides is 1. The number of nitrogens with one attached hydrogen (secondary N) is 1. The Hall–Kier alpha value is -2.43. The zero-order valence-corrected chi connectivity index (χ0v) is 17.1. The van der Waals surface area contributed by atoms with Crippen LogP contribution < -0.4 is 5.32 Å². The highest BCUT2D eigenvalue weighted by Gasteiger charge is 2.42. The van der Waals surface area contributed by atoms with Gasteiger partial charge < -0.3 is 14.8 Å². The molecule has 0 spiro atoms. The number of nitrogens with zero attached hydrogens (tertiary/aromatic N) is 2. The fourth-order valence-corrected chi connectivity index (χ4v) is 3.22. The highest BCUT2D eigenvalue weighted by Crippen LogP contribution is 2.41. The summed E-state index contributed by atoms with van der Waals surface area (Å²) in [5, 5.41) is 20.9. The highest BCUT2D eigenvalue weighted by molar-refractivity contribution is 6.30. The minimum absolute atomic E-state index is 0.148. The van der Waals surface area contributed by atoms with Crippen molar-refractivity contribution in [2.24, 2.45) is 0 Å². The molecular weight excluding hydrogens is 439 g/mol. The molecule has 11 heteroatoms. The largest absolute Gasteiger partial charge is 0.522 e. The van der Waals surface area contributed by atoms with Crippen molar-refractivity contribution in [2.45, 2.75) is 50.2 Å². The van der Waals surface area contributed by atoms with Gasteiger partial charge in [0.1, 0.15) is 6.10 Å². The Morgan fingerprint density at radius 3 is 2.65 bits per heavy atom. The number of carbonyl (C=O) groups excluding carboxylic acids is 1. The number of benzene rings is 1. The molecule has 1 atom stereocenters. The minimum Gasteiger partial charge on any atom is -0.421 e. The molecule has 0 saturated heterocycles. The van der Waals surface area contributed by atoms with Crippen molar-refractivity contribution in [1.82, 2.24) is 15.5 Å². The van der Waals surface area contributed by atoms with Gasteiger partial charge in [0.05, 0.1) is 6.10 Å². The lowest BCUT2D eigenvalue weighted by Crippen LogP contribution is -2.36. The van der Waals surface area contributed by atoms with Crippen LogP contribution in [0, 0.1) is 0 Å². The quantitative estimate of drug-likeness (QED) is 0.594. The summed E-state index contributed by atoms with van der Waals surface area (Å²) in [6, 6.07) is 6.81. The summed E-state index contributed by atoms with van der Waals surface area (Å²) in [6.45, 7) is 4.02. The van der Waals surface area contributed by atoms with Gasteiger partial charge in [-0.15, -0.1) is 23.4 Å². The Morgan fingerprint density at radius 1 is 1.32 bits per heavy atom. The van der Waals surface area contributed by atoms with Gasteiger partial charge in [0, 0.05) is 29.5 Å². The number of rotatable bonds is 9. The lowest BCUT2D eigenvalue weighted by atomic mass is 9.82. The van der Waals surface area contributed by atoms with Crippen molar-refractivity contribution < 1.29 is 32.2 Å². The molecule has 168 valence electrons. The molecular formula is C20H21ClF3N3O4. The van der Waals surface area contributed by atoms with Gasteiger partial charge in [-0.1, -0.05) is 30.3 Å². The number of aromatic nitrogens is 2. The molecule has 1 saturated carbocycles. The maximum absolute atomic E-state index is 12.2. The molecule has 0 aliphatic heterocycles. The maximum atomic E-state index is 12.2. The van der Waals surface area contributed by atoms with E-state index in [0.717, 1.165) is 5.56 Å². The number of halogens is 4. The van der Waals surface area contributed by atoms with Crippen LogP contribution >= 0.6 is 11.6 Å². The van der Waals surface area contributed by atoms with Crippen LogP contribution in [0.2, 0.25) is 5.02 Å². The predicted molar refractivity (Wildman–Crippen MR) is 105 cm³/mol. The van der Waals surface area contributed by atoms with Gasteiger partial charge >= 0.3 is 6.36 Å². The minimum atomic E-state index is -4.66. The lowest BCUT2D eigenvalue weighted by molar-refractivity contribution is -0.352. The van der Waals surface area contributed by atoms with Crippen molar-refractivity contribution >= 4 is 23.1 Å². The molecule has 0 bridgehead atoms. The second-order valence-corrected chi connectivity index (χ2v) is 7.73. The molecule has 31 heavy (non-hydrogen) atoms. The van der Waals surface area contributed by atoms with E-state index in [9.17, 15) is 23.1 Å². The van der Waals surface area contributed by atoms with Crippen LogP contribution in [0.3, 0.4) is 0 Å². The van der Waals surface area contributed by atoms with Crippen LogP contribution in [0.15, 0.2) is 35.3 Å². The fraction of sp³-hybridized carbons (Fsp3) is 0.450. The van der Waals surface area contributed by atoms with Crippen LogP contribution in [0.25, 0.3) is 5.57 Å². The number of aliphatic hydroxyl groups excluding tert-OH is 1. The Balaban J connectivity index is 1.39. The average Bonchev–Trinajstić information content (AvgIpc) is 3.15. The number of alkyl halides is 3. The molecule has 3 rings (SSSR count). The zero-order valence-electron chi connectivity index (χ0n) is 16.4. The van der Waals surface area contributed by atoms with Crippen LogP contribution in [0.4, 0.5) is 13.2 Å².